The van der Waals surface area contributed by atoms with Gasteiger partial charge in [-0.3, -0.25) is 14.5 Å². The zero-order chi connectivity index (χ0) is 18.7. The Bertz CT molecular complexity index is 496. The first-order valence-corrected chi connectivity index (χ1v) is 10.6. The number of hydrogen-bond donors (Lipinski definition) is 1. The van der Waals surface area contributed by atoms with Gasteiger partial charge < -0.3 is 15.5 Å². The first-order chi connectivity index (χ1) is 12.5. The molecule has 1 aliphatic heterocycles. The Morgan fingerprint density at radius 3 is 1.93 bits per heavy atom. The van der Waals surface area contributed by atoms with E-state index < -0.39 is 0 Å². The Hall–Kier alpha value is -0.560. The Morgan fingerprint density at radius 1 is 0.929 bits per heavy atom. The summed E-state index contributed by atoms with van der Waals surface area (Å²) >= 11 is 0. The quantitative estimate of drug-likeness (QED) is 0.715. The lowest BCUT2D eigenvalue weighted by Crippen LogP contribution is -2.55. The standard InChI is InChI=1S/C20H36N4O2.2ClH/c1-3-22(4-2)14-18(25)23-8-10-24(11-9-23)20(26)17-12-15-6-5-7-16(13-17)19(15)21;;/h15-17,19H,3-14,21H2,1-2H3;2*1H. The van der Waals surface area contributed by atoms with Crippen LogP contribution >= 0.6 is 24.8 Å². The maximum Gasteiger partial charge on any atom is 0.236 e. The molecule has 3 rings (SSSR count). The number of amides is 2. The average Bonchev–Trinajstić information content (AvgIpc) is 2.65. The predicted octanol–water partition coefficient (Wildman–Crippen LogP) is 2.00. The van der Waals surface area contributed by atoms with Crippen molar-refractivity contribution in [2.45, 2.75) is 52.0 Å². The molecule has 2 unspecified atom stereocenters. The van der Waals surface area contributed by atoms with E-state index in [4.69, 9.17) is 5.73 Å². The molecule has 2 amide bonds. The van der Waals surface area contributed by atoms with E-state index in [0.29, 0.717) is 56.5 Å². The smallest absolute Gasteiger partial charge is 0.236 e. The fourth-order valence-corrected chi connectivity index (χ4v) is 5.16. The zero-order valence-corrected chi connectivity index (χ0v) is 19.0. The number of carbonyl (C=O) groups excluding carboxylic acids is 2. The minimum absolute atomic E-state index is 0. The van der Waals surface area contributed by atoms with Crippen LogP contribution in [0.2, 0.25) is 0 Å². The second-order valence-corrected chi connectivity index (χ2v) is 8.36. The topological polar surface area (TPSA) is 69.9 Å². The van der Waals surface area contributed by atoms with Gasteiger partial charge in [0.15, 0.2) is 0 Å². The molecule has 2 N–H and O–H groups in total. The lowest BCUT2D eigenvalue weighted by molar-refractivity contribution is -0.144. The first-order valence-electron chi connectivity index (χ1n) is 10.6. The van der Waals surface area contributed by atoms with Crippen LogP contribution in [0.1, 0.15) is 46.0 Å². The van der Waals surface area contributed by atoms with Crippen molar-refractivity contribution >= 4 is 36.6 Å². The van der Waals surface area contributed by atoms with Crippen LogP contribution in [0.25, 0.3) is 0 Å². The highest BCUT2D eigenvalue weighted by Gasteiger charge is 2.42. The summed E-state index contributed by atoms with van der Waals surface area (Å²) in [7, 11) is 0. The zero-order valence-electron chi connectivity index (χ0n) is 17.3. The summed E-state index contributed by atoms with van der Waals surface area (Å²) in [6.07, 6.45) is 5.59. The summed E-state index contributed by atoms with van der Waals surface area (Å²) in [5.74, 6) is 1.73. The molecular formula is C20H38Cl2N4O2. The maximum atomic E-state index is 13.0. The number of likely N-dealkylation sites (N-methyl/N-ethyl adjacent to an activating group) is 1. The van der Waals surface area contributed by atoms with Gasteiger partial charge in [0.05, 0.1) is 6.54 Å². The molecule has 2 atom stereocenters. The van der Waals surface area contributed by atoms with Gasteiger partial charge >= 0.3 is 0 Å². The third-order valence-corrected chi connectivity index (χ3v) is 6.96. The SMILES string of the molecule is CCN(CC)CC(=O)N1CCN(C(=O)C2CC3CCCC(C2)C3N)CC1.Cl.Cl. The van der Waals surface area contributed by atoms with Gasteiger partial charge in [-0.25, -0.2) is 0 Å². The highest BCUT2D eigenvalue weighted by molar-refractivity contribution is 5.85. The third kappa shape index (κ3) is 5.74. The molecule has 3 fully saturated rings. The molecule has 6 nitrogen and oxygen atoms in total. The van der Waals surface area contributed by atoms with Crippen molar-refractivity contribution in [2.75, 3.05) is 45.8 Å². The number of piperazine rings is 1. The van der Waals surface area contributed by atoms with Crippen LogP contribution in [0.4, 0.5) is 0 Å². The lowest BCUT2D eigenvalue weighted by Gasteiger charge is -2.45. The molecule has 164 valence electrons. The molecule has 0 aromatic rings. The molecule has 0 aromatic carbocycles. The highest BCUT2D eigenvalue weighted by Crippen LogP contribution is 2.42. The van der Waals surface area contributed by atoms with E-state index in [1.54, 1.807) is 0 Å². The van der Waals surface area contributed by atoms with Gasteiger partial charge in [0.2, 0.25) is 11.8 Å². The minimum atomic E-state index is 0. The molecule has 0 spiro atoms. The molecule has 3 aliphatic rings. The van der Waals surface area contributed by atoms with Gasteiger partial charge in [0.25, 0.3) is 0 Å². The minimum Gasteiger partial charge on any atom is -0.339 e. The van der Waals surface area contributed by atoms with Gasteiger partial charge in [-0.15, -0.1) is 24.8 Å². The summed E-state index contributed by atoms with van der Waals surface area (Å²) in [6, 6.07) is 0.308. The van der Waals surface area contributed by atoms with Crippen molar-refractivity contribution in [3.63, 3.8) is 0 Å². The number of nitrogens with zero attached hydrogens (tertiary/aromatic N) is 3. The molecule has 8 heteroatoms. The molecule has 28 heavy (non-hydrogen) atoms. The lowest BCUT2D eigenvalue weighted by atomic mass is 9.65. The van der Waals surface area contributed by atoms with Crippen LogP contribution in [0.15, 0.2) is 0 Å². The van der Waals surface area contributed by atoms with E-state index in [0.717, 1.165) is 25.9 Å². The average molecular weight is 437 g/mol. The second kappa shape index (κ2) is 11.6. The molecule has 2 saturated carbocycles. The Morgan fingerprint density at radius 2 is 1.43 bits per heavy atom. The molecule has 2 bridgehead atoms. The van der Waals surface area contributed by atoms with Crippen LogP contribution in [-0.4, -0.2) is 78.4 Å². The van der Waals surface area contributed by atoms with Gasteiger partial charge in [-0.1, -0.05) is 20.3 Å². The van der Waals surface area contributed by atoms with Crippen molar-refractivity contribution in [2.24, 2.45) is 23.5 Å². The Kier molecular flexibility index (Phi) is 10.5. The number of fused-ring (bicyclic) bond motifs is 2. The van der Waals surface area contributed by atoms with Crippen molar-refractivity contribution in [3.05, 3.63) is 0 Å². The number of carbonyl (C=O) groups is 2. The van der Waals surface area contributed by atoms with Gasteiger partial charge in [0.1, 0.15) is 0 Å². The van der Waals surface area contributed by atoms with Gasteiger partial charge in [-0.05, 0) is 50.6 Å². The van der Waals surface area contributed by atoms with Gasteiger partial charge in [0, 0.05) is 38.1 Å². The highest BCUT2D eigenvalue weighted by atomic mass is 35.5. The molecule has 2 aliphatic carbocycles. The van der Waals surface area contributed by atoms with E-state index >= 15 is 0 Å². The van der Waals surface area contributed by atoms with E-state index in [1.807, 2.05) is 9.80 Å². The first kappa shape index (κ1) is 25.5. The van der Waals surface area contributed by atoms with Crippen LogP contribution in [-0.2, 0) is 9.59 Å². The molecule has 0 aromatic heterocycles. The molecule has 1 heterocycles. The predicted molar refractivity (Wildman–Crippen MR) is 117 cm³/mol. The molecular weight excluding hydrogens is 399 g/mol. The van der Waals surface area contributed by atoms with Crippen molar-refractivity contribution < 1.29 is 9.59 Å². The van der Waals surface area contributed by atoms with Crippen molar-refractivity contribution in [1.29, 1.82) is 0 Å². The van der Waals surface area contributed by atoms with Crippen LogP contribution in [0, 0.1) is 17.8 Å². The Labute approximate surface area is 182 Å². The van der Waals surface area contributed by atoms with E-state index in [9.17, 15) is 9.59 Å². The van der Waals surface area contributed by atoms with E-state index in [1.165, 1.54) is 19.3 Å². The van der Waals surface area contributed by atoms with Crippen LogP contribution in [0.3, 0.4) is 0 Å². The summed E-state index contributed by atoms with van der Waals surface area (Å²) in [4.78, 5) is 31.5. The number of halogens is 2. The van der Waals surface area contributed by atoms with Crippen molar-refractivity contribution in [3.8, 4) is 0 Å². The fourth-order valence-electron chi connectivity index (χ4n) is 5.16. The van der Waals surface area contributed by atoms with Gasteiger partial charge in [-0.2, -0.15) is 0 Å². The van der Waals surface area contributed by atoms with Crippen LogP contribution < -0.4 is 5.73 Å². The molecule has 0 radical (unpaired) electrons. The summed E-state index contributed by atoms with van der Waals surface area (Å²) in [6.45, 7) is 9.15. The number of hydrogen-bond acceptors (Lipinski definition) is 4. The van der Waals surface area contributed by atoms with Crippen LogP contribution in [0.5, 0.6) is 0 Å². The van der Waals surface area contributed by atoms with E-state index in [2.05, 4.69) is 18.7 Å². The number of rotatable bonds is 5. The number of nitrogens with two attached hydrogens (primary N) is 1. The largest absolute Gasteiger partial charge is 0.339 e. The normalized spacial score (nSPS) is 29.7. The maximum absolute atomic E-state index is 13.0. The summed E-state index contributed by atoms with van der Waals surface area (Å²) in [5, 5.41) is 0. The summed E-state index contributed by atoms with van der Waals surface area (Å²) < 4.78 is 0. The Balaban J connectivity index is 0.00000196. The van der Waals surface area contributed by atoms with E-state index in [-0.39, 0.29) is 36.6 Å². The van der Waals surface area contributed by atoms with Crippen molar-refractivity contribution in [1.82, 2.24) is 14.7 Å². The summed E-state index contributed by atoms with van der Waals surface area (Å²) in [5.41, 5.74) is 6.37. The monoisotopic (exact) mass is 436 g/mol. The second-order valence-electron chi connectivity index (χ2n) is 8.36. The third-order valence-electron chi connectivity index (χ3n) is 6.96. The molecule has 1 saturated heterocycles. The fraction of sp³-hybridized carbons (Fsp3) is 0.900.